The fourth-order valence-electron chi connectivity index (χ4n) is 2.02. The van der Waals surface area contributed by atoms with Crippen LogP contribution in [0.15, 0.2) is 24.3 Å². The lowest BCUT2D eigenvalue weighted by Gasteiger charge is -2.31. The van der Waals surface area contributed by atoms with Crippen LogP contribution in [0.4, 0.5) is 4.39 Å². The zero-order valence-corrected chi connectivity index (χ0v) is 9.53. The van der Waals surface area contributed by atoms with Gasteiger partial charge in [0.05, 0.1) is 12.5 Å². The van der Waals surface area contributed by atoms with Gasteiger partial charge in [-0.3, -0.25) is 4.79 Å². The Morgan fingerprint density at radius 2 is 2.24 bits per heavy atom. The summed E-state index contributed by atoms with van der Waals surface area (Å²) in [5.74, 6) is -0.0316. The van der Waals surface area contributed by atoms with Gasteiger partial charge in [0.15, 0.2) is 0 Å². The molecule has 1 aliphatic rings. The minimum atomic E-state index is -0.322. The van der Waals surface area contributed by atoms with Crippen LogP contribution < -0.4 is 5.32 Å². The second-order valence-corrected chi connectivity index (χ2v) is 4.60. The summed E-state index contributed by atoms with van der Waals surface area (Å²) in [6.07, 6.45) is 1.54. The zero-order chi connectivity index (χ0) is 12.3. The van der Waals surface area contributed by atoms with E-state index in [4.69, 9.17) is 5.11 Å². The van der Waals surface area contributed by atoms with Gasteiger partial charge in [-0.15, -0.1) is 0 Å². The molecule has 3 nitrogen and oxygen atoms in total. The minimum absolute atomic E-state index is 0.100. The summed E-state index contributed by atoms with van der Waals surface area (Å²) in [4.78, 5) is 11.6. The lowest BCUT2D eigenvalue weighted by molar-refractivity contribution is -0.121. The van der Waals surface area contributed by atoms with Crippen molar-refractivity contribution in [1.82, 2.24) is 5.32 Å². The van der Waals surface area contributed by atoms with E-state index in [-0.39, 0.29) is 24.2 Å². The molecule has 0 radical (unpaired) electrons. The van der Waals surface area contributed by atoms with Crippen LogP contribution in [0, 0.1) is 11.7 Å². The summed E-state index contributed by atoms with van der Waals surface area (Å²) in [6, 6.07) is 6.06. The van der Waals surface area contributed by atoms with Crippen LogP contribution in [-0.2, 0) is 11.2 Å². The van der Waals surface area contributed by atoms with Crippen molar-refractivity contribution in [1.29, 1.82) is 0 Å². The summed E-state index contributed by atoms with van der Waals surface area (Å²) < 4.78 is 12.9. The molecule has 0 heterocycles. The fraction of sp³-hybridized carbons (Fsp3) is 0.462. The number of carbonyl (C=O) groups excluding carboxylic acids is 1. The van der Waals surface area contributed by atoms with Gasteiger partial charge < -0.3 is 10.4 Å². The van der Waals surface area contributed by atoms with E-state index in [0.29, 0.717) is 18.0 Å². The third-order valence-electron chi connectivity index (χ3n) is 3.05. The molecule has 0 aliphatic heterocycles. The fourth-order valence-corrected chi connectivity index (χ4v) is 2.02. The van der Waals surface area contributed by atoms with E-state index >= 15 is 0 Å². The van der Waals surface area contributed by atoms with Gasteiger partial charge in [0.1, 0.15) is 5.82 Å². The molecule has 4 heteroatoms. The predicted octanol–water partition coefficient (Wildman–Crippen LogP) is 1.26. The van der Waals surface area contributed by atoms with Crippen molar-refractivity contribution < 1.29 is 14.3 Å². The monoisotopic (exact) mass is 237 g/mol. The lowest BCUT2D eigenvalue weighted by atomic mass is 9.82. The summed E-state index contributed by atoms with van der Waals surface area (Å²) in [5, 5.41) is 11.9. The van der Waals surface area contributed by atoms with Gasteiger partial charge in [0, 0.05) is 6.54 Å². The second-order valence-electron chi connectivity index (χ2n) is 4.60. The van der Waals surface area contributed by atoms with Crippen LogP contribution in [0.2, 0.25) is 0 Å². The molecular formula is C13H16FNO2. The smallest absolute Gasteiger partial charge is 0.224 e. The Kier molecular flexibility index (Phi) is 3.74. The molecule has 0 atom stereocenters. The highest BCUT2D eigenvalue weighted by Crippen LogP contribution is 2.26. The Hall–Kier alpha value is -1.42. The Bertz CT molecular complexity index is 402. The molecule has 92 valence electrons. The van der Waals surface area contributed by atoms with Gasteiger partial charge in [0.25, 0.3) is 0 Å². The van der Waals surface area contributed by atoms with E-state index in [1.54, 1.807) is 12.1 Å². The third kappa shape index (κ3) is 3.53. The highest BCUT2D eigenvalue weighted by molar-refractivity contribution is 5.78. The first kappa shape index (κ1) is 12.0. The number of amides is 1. The number of halogens is 1. The molecule has 0 bridgehead atoms. The van der Waals surface area contributed by atoms with E-state index in [1.165, 1.54) is 12.1 Å². The van der Waals surface area contributed by atoms with E-state index in [1.807, 2.05) is 0 Å². The highest BCUT2D eigenvalue weighted by atomic mass is 19.1. The molecule has 0 spiro atoms. The van der Waals surface area contributed by atoms with E-state index < -0.39 is 0 Å². The van der Waals surface area contributed by atoms with E-state index in [2.05, 4.69) is 5.32 Å². The number of benzene rings is 1. The van der Waals surface area contributed by atoms with Crippen molar-refractivity contribution in [3.63, 3.8) is 0 Å². The van der Waals surface area contributed by atoms with Gasteiger partial charge in [0.2, 0.25) is 5.91 Å². The molecule has 1 aliphatic carbocycles. The maximum Gasteiger partial charge on any atom is 0.224 e. The van der Waals surface area contributed by atoms with Crippen LogP contribution in [0.5, 0.6) is 0 Å². The van der Waals surface area contributed by atoms with Gasteiger partial charge in [-0.05, 0) is 36.5 Å². The van der Waals surface area contributed by atoms with Crippen molar-refractivity contribution in [2.45, 2.75) is 25.4 Å². The standard InChI is InChI=1S/C13H16FNO2/c14-11-3-1-2-9(4-11)7-13(17)15-8-10-5-12(16)6-10/h1-4,10,12,16H,5-8H2,(H,15,17). The van der Waals surface area contributed by atoms with Gasteiger partial charge in [-0.2, -0.15) is 0 Å². The number of rotatable bonds is 4. The topological polar surface area (TPSA) is 49.3 Å². The average molecular weight is 237 g/mol. The minimum Gasteiger partial charge on any atom is -0.393 e. The molecular weight excluding hydrogens is 221 g/mol. The number of aliphatic hydroxyl groups excluding tert-OH is 1. The quantitative estimate of drug-likeness (QED) is 0.828. The molecule has 2 N–H and O–H groups in total. The Morgan fingerprint density at radius 3 is 2.88 bits per heavy atom. The van der Waals surface area contributed by atoms with Gasteiger partial charge in [-0.25, -0.2) is 4.39 Å². The number of hydrogen-bond donors (Lipinski definition) is 2. The number of hydrogen-bond acceptors (Lipinski definition) is 2. The van der Waals surface area contributed by atoms with Crippen molar-refractivity contribution in [2.75, 3.05) is 6.54 Å². The summed E-state index contributed by atoms with van der Waals surface area (Å²) in [5.41, 5.74) is 0.677. The molecule has 1 saturated carbocycles. The highest BCUT2D eigenvalue weighted by Gasteiger charge is 2.26. The molecule has 0 saturated heterocycles. The summed E-state index contributed by atoms with van der Waals surface area (Å²) >= 11 is 0. The maximum absolute atomic E-state index is 12.9. The third-order valence-corrected chi connectivity index (χ3v) is 3.05. The van der Waals surface area contributed by atoms with Crippen LogP contribution in [0.1, 0.15) is 18.4 Å². The molecule has 1 fully saturated rings. The van der Waals surface area contributed by atoms with Crippen LogP contribution in [-0.4, -0.2) is 23.7 Å². The predicted molar refractivity (Wildman–Crippen MR) is 61.8 cm³/mol. The molecule has 1 aromatic carbocycles. The normalized spacial score (nSPS) is 22.9. The van der Waals surface area contributed by atoms with Crippen molar-refractivity contribution in [3.8, 4) is 0 Å². The second kappa shape index (κ2) is 5.27. The zero-order valence-electron chi connectivity index (χ0n) is 9.53. The molecule has 1 aromatic rings. The number of aliphatic hydroxyl groups is 1. The summed E-state index contributed by atoms with van der Waals surface area (Å²) in [6.45, 7) is 0.602. The van der Waals surface area contributed by atoms with E-state index in [0.717, 1.165) is 12.8 Å². The average Bonchev–Trinajstić information content (AvgIpc) is 2.23. The SMILES string of the molecule is O=C(Cc1cccc(F)c1)NCC1CC(O)C1. The number of carbonyl (C=O) groups is 1. The van der Waals surface area contributed by atoms with Crippen LogP contribution in [0.25, 0.3) is 0 Å². The number of nitrogens with one attached hydrogen (secondary N) is 1. The molecule has 17 heavy (non-hydrogen) atoms. The van der Waals surface area contributed by atoms with E-state index in [9.17, 15) is 9.18 Å². The first-order valence-corrected chi connectivity index (χ1v) is 5.82. The Morgan fingerprint density at radius 1 is 1.47 bits per heavy atom. The largest absolute Gasteiger partial charge is 0.393 e. The molecule has 2 rings (SSSR count). The van der Waals surface area contributed by atoms with Crippen molar-refractivity contribution in [2.24, 2.45) is 5.92 Å². The van der Waals surface area contributed by atoms with Gasteiger partial charge in [-0.1, -0.05) is 12.1 Å². The van der Waals surface area contributed by atoms with Crippen LogP contribution in [0.3, 0.4) is 0 Å². The van der Waals surface area contributed by atoms with Crippen molar-refractivity contribution >= 4 is 5.91 Å². The maximum atomic E-state index is 12.9. The molecule has 0 unspecified atom stereocenters. The van der Waals surface area contributed by atoms with Crippen LogP contribution >= 0.6 is 0 Å². The lowest BCUT2D eigenvalue weighted by Crippen LogP contribution is -2.38. The first-order chi connectivity index (χ1) is 8.13. The Labute approximate surface area is 99.7 Å². The molecule has 0 aromatic heterocycles. The summed E-state index contributed by atoms with van der Waals surface area (Å²) in [7, 11) is 0. The van der Waals surface area contributed by atoms with Crippen molar-refractivity contribution in [3.05, 3.63) is 35.6 Å². The first-order valence-electron chi connectivity index (χ1n) is 5.82. The molecule has 1 amide bonds. The van der Waals surface area contributed by atoms with Gasteiger partial charge >= 0.3 is 0 Å². The Balaban J connectivity index is 1.73.